The Morgan fingerprint density at radius 1 is 1.38 bits per heavy atom. The van der Waals surface area contributed by atoms with Crippen molar-refractivity contribution in [2.45, 2.75) is 11.8 Å². The lowest BCUT2D eigenvalue weighted by atomic mass is 9.89. The minimum Gasteiger partial charge on any atom is -0.492 e. The molecule has 2 heterocycles. The summed E-state index contributed by atoms with van der Waals surface area (Å²) in [4.78, 5) is 17.2. The molecule has 0 N–H and O–H groups in total. The third kappa shape index (κ3) is 2.34. The number of hydrogen-bond acceptors (Lipinski definition) is 5. The van der Waals surface area contributed by atoms with Gasteiger partial charge in [-0.05, 0) is 18.2 Å². The maximum atomic E-state index is 13.3. The number of carbonyl (C=O) groups is 1. The minimum atomic E-state index is -0.981. The van der Waals surface area contributed by atoms with Gasteiger partial charge in [-0.1, -0.05) is 18.2 Å². The predicted molar refractivity (Wildman–Crippen MR) is 87.6 cm³/mol. The van der Waals surface area contributed by atoms with Gasteiger partial charge in [-0.3, -0.25) is 4.79 Å². The molecule has 1 aromatic heterocycles. The Bertz CT molecular complexity index is 992. The number of aromatic nitrogens is 1. The monoisotopic (exact) mass is 338 g/mol. The second-order valence-electron chi connectivity index (χ2n) is 5.53. The molecule has 0 aliphatic carbocycles. The molecule has 0 radical (unpaired) electrons. The van der Waals surface area contributed by atoms with Gasteiger partial charge in [0.15, 0.2) is 11.7 Å². The molecule has 2 aromatic carbocycles. The van der Waals surface area contributed by atoms with Gasteiger partial charge in [-0.2, -0.15) is 5.26 Å². The number of nitrogens with zero attached hydrogens (tertiary/aromatic N) is 2. The van der Waals surface area contributed by atoms with Crippen LogP contribution in [0.25, 0.3) is 10.2 Å². The largest absolute Gasteiger partial charge is 0.492 e. The molecule has 0 saturated heterocycles. The van der Waals surface area contributed by atoms with Crippen LogP contribution in [-0.2, 0) is 4.79 Å². The van der Waals surface area contributed by atoms with E-state index in [1.165, 1.54) is 23.5 Å². The first kappa shape index (κ1) is 14.8. The summed E-state index contributed by atoms with van der Waals surface area (Å²) >= 11 is 1.25. The van der Waals surface area contributed by atoms with Crippen LogP contribution >= 0.6 is 11.3 Å². The Morgan fingerprint density at radius 2 is 2.21 bits per heavy atom. The average molecular weight is 338 g/mol. The van der Waals surface area contributed by atoms with Gasteiger partial charge in [0, 0.05) is 11.6 Å². The number of rotatable bonds is 3. The fourth-order valence-electron chi connectivity index (χ4n) is 2.88. The number of benzene rings is 2. The molecule has 1 aliphatic rings. The molecule has 1 aliphatic heterocycles. The van der Waals surface area contributed by atoms with Crippen LogP contribution in [0, 0.1) is 17.1 Å². The highest BCUT2D eigenvalue weighted by atomic mass is 32.1. The maximum Gasteiger partial charge on any atom is 0.167 e. The molecule has 2 unspecified atom stereocenters. The summed E-state index contributed by atoms with van der Waals surface area (Å²) in [5.41, 5.74) is 1.26. The SMILES string of the molecule is N#CC(C(=O)C1COc2ccccc21)c1nc2cc(F)ccc2s1. The van der Waals surface area contributed by atoms with Crippen molar-refractivity contribution in [2.75, 3.05) is 6.61 Å². The van der Waals surface area contributed by atoms with E-state index in [0.717, 1.165) is 10.3 Å². The summed E-state index contributed by atoms with van der Waals surface area (Å²) in [6.07, 6.45) is 0. The van der Waals surface area contributed by atoms with Crippen LogP contribution in [0.3, 0.4) is 0 Å². The lowest BCUT2D eigenvalue weighted by molar-refractivity contribution is -0.121. The van der Waals surface area contributed by atoms with Gasteiger partial charge in [0.1, 0.15) is 23.2 Å². The molecule has 2 atom stereocenters. The Kier molecular flexibility index (Phi) is 3.51. The van der Waals surface area contributed by atoms with Crippen molar-refractivity contribution in [2.24, 2.45) is 0 Å². The summed E-state index contributed by atoms with van der Waals surface area (Å²) < 4.78 is 19.6. The van der Waals surface area contributed by atoms with Crippen molar-refractivity contribution in [3.05, 3.63) is 58.9 Å². The standard InChI is InChI=1S/C18H11FN2O2S/c19-10-5-6-16-14(7-10)21-18(24-16)12(8-20)17(22)13-9-23-15-4-2-1-3-11(13)15/h1-7,12-13H,9H2. The molecule has 4 rings (SSSR count). The zero-order valence-electron chi connectivity index (χ0n) is 12.4. The Morgan fingerprint density at radius 3 is 3.04 bits per heavy atom. The fourth-order valence-corrected chi connectivity index (χ4v) is 3.88. The number of fused-ring (bicyclic) bond motifs is 2. The predicted octanol–water partition coefficient (Wildman–Crippen LogP) is 3.79. The Labute approximate surface area is 141 Å². The van der Waals surface area contributed by atoms with E-state index in [2.05, 4.69) is 11.1 Å². The molecular weight excluding hydrogens is 327 g/mol. The highest BCUT2D eigenvalue weighted by Crippen LogP contribution is 2.38. The van der Waals surface area contributed by atoms with Gasteiger partial charge in [-0.25, -0.2) is 9.37 Å². The quantitative estimate of drug-likeness (QED) is 0.729. The molecule has 0 fully saturated rings. The maximum absolute atomic E-state index is 13.3. The molecule has 0 amide bonds. The van der Waals surface area contributed by atoms with E-state index in [0.29, 0.717) is 16.3 Å². The number of Topliss-reactive ketones (excluding diaryl/α,β-unsaturated/α-hetero) is 1. The van der Waals surface area contributed by atoms with Gasteiger partial charge in [-0.15, -0.1) is 11.3 Å². The number of carbonyl (C=O) groups excluding carboxylic acids is 1. The lowest BCUT2D eigenvalue weighted by Crippen LogP contribution is -2.20. The number of thiazole rings is 1. The Hall–Kier alpha value is -2.78. The highest BCUT2D eigenvalue weighted by molar-refractivity contribution is 7.18. The highest BCUT2D eigenvalue weighted by Gasteiger charge is 2.36. The van der Waals surface area contributed by atoms with E-state index in [4.69, 9.17) is 4.74 Å². The molecule has 0 saturated carbocycles. The summed E-state index contributed by atoms with van der Waals surface area (Å²) in [6, 6.07) is 13.6. The normalized spacial score (nSPS) is 17.1. The number of nitriles is 1. The van der Waals surface area contributed by atoms with Crippen molar-refractivity contribution in [1.29, 1.82) is 5.26 Å². The van der Waals surface area contributed by atoms with Gasteiger partial charge < -0.3 is 4.74 Å². The van der Waals surface area contributed by atoms with Crippen molar-refractivity contribution < 1.29 is 13.9 Å². The zero-order valence-corrected chi connectivity index (χ0v) is 13.2. The lowest BCUT2D eigenvalue weighted by Gasteiger charge is -2.10. The van der Waals surface area contributed by atoms with Gasteiger partial charge in [0.2, 0.25) is 0 Å². The second-order valence-corrected chi connectivity index (χ2v) is 6.59. The molecule has 4 nitrogen and oxygen atoms in total. The molecule has 24 heavy (non-hydrogen) atoms. The number of ether oxygens (including phenoxy) is 1. The summed E-state index contributed by atoms with van der Waals surface area (Å²) in [7, 11) is 0. The summed E-state index contributed by atoms with van der Waals surface area (Å²) in [5, 5.41) is 9.91. The van der Waals surface area contributed by atoms with Gasteiger partial charge >= 0.3 is 0 Å². The van der Waals surface area contributed by atoms with E-state index >= 15 is 0 Å². The number of para-hydroxylation sites is 1. The van der Waals surface area contributed by atoms with E-state index < -0.39 is 17.7 Å². The third-order valence-electron chi connectivity index (χ3n) is 4.07. The van der Waals surface area contributed by atoms with Gasteiger partial charge in [0.05, 0.1) is 22.2 Å². The third-order valence-corrected chi connectivity index (χ3v) is 5.17. The van der Waals surface area contributed by atoms with Crippen LogP contribution in [-0.4, -0.2) is 17.4 Å². The van der Waals surface area contributed by atoms with Crippen LogP contribution in [0.15, 0.2) is 42.5 Å². The van der Waals surface area contributed by atoms with Crippen LogP contribution in [0.2, 0.25) is 0 Å². The fraction of sp³-hybridized carbons (Fsp3) is 0.167. The van der Waals surface area contributed by atoms with E-state index in [9.17, 15) is 14.4 Å². The second kappa shape index (κ2) is 5.69. The summed E-state index contributed by atoms with van der Waals surface area (Å²) in [6.45, 7) is 0.232. The van der Waals surface area contributed by atoms with E-state index in [1.807, 2.05) is 24.3 Å². The van der Waals surface area contributed by atoms with Crippen molar-refractivity contribution in [1.82, 2.24) is 4.98 Å². The smallest absolute Gasteiger partial charge is 0.167 e. The first-order valence-electron chi connectivity index (χ1n) is 7.38. The van der Waals surface area contributed by atoms with Gasteiger partial charge in [0.25, 0.3) is 0 Å². The minimum absolute atomic E-state index is 0.232. The van der Waals surface area contributed by atoms with Crippen LogP contribution in [0.4, 0.5) is 4.39 Å². The van der Waals surface area contributed by atoms with Crippen LogP contribution in [0.5, 0.6) is 5.75 Å². The molecule has 118 valence electrons. The number of hydrogen-bond donors (Lipinski definition) is 0. The van der Waals surface area contributed by atoms with Crippen molar-refractivity contribution >= 4 is 27.3 Å². The molecule has 3 aromatic rings. The number of ketones is 1. The molecular formula is C18H11FN2O2S. The van der Waals surface area contributed by atoms with E-state index in [1.54, 1.807) is 6.07 Å². The zero-order chi connectivity index (χ0) is 16.7. The number of halogens is 1. The van der Waals surface area contributed by atoms with Crippen LogP contribution in [0.1, 0.15) is 22.4 Å². The van der Waals surface area contributed by atoms with Crippen LogP contribution < -0.4 is 4.74 Å². The van der Waals surface area contributed by atoms with Crippen molar-refractivity contribution in [3.8, 4) is 11.8 Å². The van der Waals surface area contributed by atoms with E-state index in [-0.39, 0.29) is 12.4 Å². The molecule has 6 heteroatoms. The van der Waals surface area contributed by atoms with Crippen molar-refractivity contribution in [3.63, 3.8) is 0 Å². The molecule has 0 bridgehead atoms. The summed E-state index contributed by atoms with van der Waals surface area (Å²) in [5.74, 6) is -1.40. The average Bonchev–Trinajstić information content (AvgIpc) is 3.18. The molecule has 0 spiro atoms. The first-order valence-corrected chi connectivity index (χ1v) is 8.20. The topological polar surface area (TPSA) is 63.0 Å². The Balaban J connectivity index is 1.70. The first-order chi connectivity index (χ1) is 11.7.